The Balaban J connectivity index is 1.26. The highest BCUT2D eigenvalue weighted by atomic mass is 32.2. The average Bonchev–Trinajstić information content (AvgIpc) is 3.77. The summed E-state index contributed by atoms with van der Waals surface area (Å²) in [4.78, 5) is 25.8. The number of carbonyl (C=O) groups excluding carboxylic acids is 2. The minimum atomic E-state index is -3.56. The number of benzene rings is 2. The Labute approximate surface area is 262 Å². The van der Waals surface area contributed by atoms with Crippen molar-refractivity contribution in [2.75, 3.05) is 29.9 Å². The molecule has 16 heteroatoms. The van der Waals surface area contributed by atoms with Gasteiger partial charge in [-0.05, 0) is 67.5 Å². The number of nitrogens with zero attached hydrogens (tertiary/aromatic N) is 6. The number of aromatic nitrogens is 5. The van der Waals surface area contributed by atoms with E-state index in [1.54, 1.807) is 16.3 Å². The molecule has 2 amide bonds. The molecule has 0 bridgehead atoms. The van der Waals surface area contributed by atoms with Gasteiger partial charge in [0.25, 0.3) is 5.91 Å². The molecule has 1 saturated heterocycles. The van der Waals surface area contributed by atoms with Crippen molar-refractivity contribution in [3.05, 3.63) is 65.5 Å². The van der Waals surface area contributed by atoms with E-state index in [9.17, 15) is 18.0 Å². The van der Waals surface area contributed by atoms with Crippen LogP contribution in [0, 0.1) is 6.92 Å². The first kappa shape index (κ1) is 31.1. The summed E-state index contributed by atoms with van der Waals surface area (Å²) in [5, 5.41) is 23.2. The van der Waals surface area contributed by atoms with E-state index in [2.05, 4.69) is 31.0 Å². The molecular formula is C27H30N8O4S4. The predicted octanol–water partition coefficient (Wildman–Crippen LogP) is 3.98. The van der Waals surface area contributed by atoms with E-state index in [1.165, 1.54) is 51.7 Å². The van der Waals surface area contributed by atoms with Crippen LogP contribution in [0.15, 0.2) is 62.9 Å². The molecule has 2 N–H and O–H groups in total. The van der Waals surface area contributed by atoms with Gasteiger partial charge in [-0.25, -0.2) is 8.42 Å². The van der Waals surface area contributed by atoms with Crippen molar-refractivity contribution in [1.82, 2.24) is 34.6 Å². The van der Waals surface area contributed by atoms with E-state index in [1.807, 2.05) is 38.1 Å². The zero-order valence-corrected chi connectivity index (χ0v) is 26.8. The number of amides is 2. The molecule has 4 aromatic rings. The third-order valence-corrected chi connectivity index (χ3v) is 11.1. The number of hydrogen-bond donors (Lipinski definition) is 2. The lowest BCUT2D eigenvalue weighted by atomic mass is 10.2. The van der Waals surface area contributed by atoms with E-state index in [4.69, 9.17) is 0 Å². The number of aryl methyl sites for hydroxylation is 1. The molecule has 226 valence electrons. The van der Waals surface area contributed by atoms with Gasteiger partial charge in [-0.1, -0.05) is 53.9 Å². The second kappa shape index (κ2) is 14.0. The van der Waals surface area contributed by atoms with Gasteiger partial charge >= 0.3 is 0 Å². The second-order valence-electron chi connectivity index (χ2n) is 9.53. The van der Waals surface area contributed by atoms with E-state index < -0.39 is 10.0 Å². The summed E-state index contributed by atoms with van der Waals surface area (Å²) in [6, 6.07) is 13.7. The Morgan fingerprint density at radius 2 is 1.77 bits per heavy atom. The number of rotatable bonds is 12. The van der Waals surface area contributed by atoms with Crippen LogP contribution >= 0.6 is 34.9 Å². The first-order valence-electron chi connectivity index (χ1n) is 13.5. The molecule has 12 nitrogen and oxygen atoms in total. The number of anilines is 1. The van der Waals surface area contributed by atoms with Crippen LogP contribution in [0.1, 0.15) is 41.5 Å². The third kappa shape index (κ3) is 7.62. The SMILES string of the molecule is CCSc1nnc(NC(=O)CSc2nnc(CNC(=O)c3ccc(S(=O)(=O)N4CCCC4)cc3)n2-c2cccc(C)c2)s1. The predicted molar refractivity (Wildman–Crippen MR) is 167 cm³/mol. The molecule has 43 heavy (non-hydrogen) atoms. The smallest absolute Gasteiger partial charge is 0.251 e. The summed E-state index contributed by atoms with van der Waals surface area (Å²) >= 11 is 4.09. The molecule has 0 saturated carbocycles. The fourth-order valence-corrected chi connectivity index (χ4v) is 8.33. The third-order valence-electron chi connectivity index (χ3n) is 6.44. The molecule has 1 fully saturated rings. The summed E-state index contributed by atoms with van der Waals surface area (Å²) in [6.07, 6.45) is 1.70. The maximum absolute atomic E-state index is 13.0. The molecule has 0 unspecified atom stereocenters. The number of nitrogens with one attached hydrogen (secondary N) is 2. The zero-order valence-electron chi connectivity index (χ0n) is 23.5. The summed E-state index contributed by atoms with van der Waals surface area (Å²) in [6.45, 7) is 5.07. The van der Waals surface area contributed by atoms with Crippen molar-refractivity contribution >= 4 is 61.8 Å². The van der Waals surface area contributed by atoms with Gasteiger partial charge in [-0.3, -0.25) is 19.5 Å². The highest BCUT2D eigenvalue weighted by Crippen LogP contribution is 2.27. The largest absolute Gasteiger partial charge is 0.345 e. The van der Waals surface area contributed by atoms with Crippen LogP contribution in [0.25, 0.3) is 5.69 Å². The van der Waals surface area contributed by atoms with Crippen LogP contribution < -0.4 is 10.6 Å². The fourth-order valence-electron chi connectivity index (χ4n) is 4.38. The highest BCUT2D eigenvalue weighted by molar-refractivity contribution is 8.01. The molecule has 0 spiro atoms. The Bertz CT molecular complexity index is 1700. The quantitative estimate of drug-likeness (QED) is 0.169. The monoisotopic (exact) mass is 658 g/mol. The van der Waals surface area contributed by atoms with Crippen LogP contribution in [-0.2, 0) is 21.4 Å². The van der Waals surface area contributed by atoms with Gasteiger partial charge in [0.15, 0.2) is 15.3 Å². The van der Waals surface area contributed by atoms with Crippen LogP contribution in [0.3, 0.4) is 0 Å². The molecule has 1 aliphatic heterocycles. The van der Waals surface area contributed by atoms with Crippen LogP contribution in [0.5, 0.6) is 0 Å². The van der Waals surface area contributed by atoms with Gasteiger partial charge < -0.3 is 5.32 Å². The lowest BCUT2D eigenvalue weighted by Gasteiger charge is -2.15. The second-order valence-corrected chi connectivity index (χ2v) is 14.9. The molecule has 5 rings (SSSR count). The molecule has 0 aliphatic carbocycles. The van der Waals surface area contributed by atoms with Crippen LogP contribution in [0.2, 0.25) is 0 Å². The molecule has 0 atom stereocenters. The summed E-state index contributed by atoms with van der Waals surface area (Å²) < 4.78 is 29.7. The Kier molecular flexibility index (Phi) is 10.1. The number of carbonyl (C=O) groups is 2. The Morgan fingerprint density at radius 1 is 1.00 bits per heavy atom. The van der Waals surface area contributed by atoms with Crippen molar-refractivity contribution in [2.45, 2.75) is 47.6 Å². The lowest BCUT2D eigenvalue weighted by molar-refractivity contribution is -0.113. The summed E-state index contributed by atoms with van der Waals surface area (Å²) in [5.74, 6) is 0.776. The zero-order chi connectivity index (χ0) is 30.4. The minimum absolute atomic E-state index is 0.0585. The van der Waals surface area contributed by atoms with E-state index >= 15 is 0 Å². The first-order chi connectivity index (χ1) is 20.7. The van der Waals surface area contributed by atoms with Gasteiger partial charge in [0, 0.05) is 24.3 Å². The van der Waals surface area contributed by atoms with Crippen molar-refractivity contribution in [2.24, 2.45) is 0 Å². The fraction of sp³-hybridized carbons (Fsp3) is 0.333. The normalized spacial score (nSPS) is 13.7. The molecule has 0 radical (unpaired) electrons. The van der Waals surface area contributed by atoms with Crippen molar-refractivity contribution in [3.8, 4) is 5.69 Å². The van der Waals surface area contributed by atoms with Gasteiger partial charge in [0.05, 0.1) is 17.2 Å². The maximum Gasteiger partial charge on any atom is 0.251 e. The highest BCUT2D eigenvalue weighted by Gasteiger charge is 2.27. The number of sulfonamides is 1. The lowest BCUT2D eigenvalue weighted by Crippen LogP contribution is -2.28. The van der Waals surface area contributed by atoms with Crippen LogP contribution in [0.4, 0.5) is 5.13 Å². The van der Waals surface area contributed by atoms with E-state index in [0.717, 1.165) is 34.2 Å². The number of thioether (sulfide) groups is 2. The van der Waals surface area contributed by atoms with Crippen molar-refractivity contribution in [1.29, 1.82) is 0 Å². The molecular weight excluding hydrogens is 629 g/mol. The Morgan fingerprint density at radius 3 is 2.49 bits per heavy atom. The topological polar surface area (TPSA) is 152 Å². The van der Waals surface area contributed by atoms with E-state index in [0.29, 0.717) is 34.8 Å². The first-order valence-corrected chi connectivity index (χ1v) is 17.8. The van der Waals surface area contributed by atoms with Gasteiger partial charge in [0.1, 0.15) is 0 Å². The Hall–Kier alpha value is -3.31. The van der Waals surface area contributed by atoms with Gasteiger partial charge in [-0.15, -0.1) is 20.4 Å². The molecule has 1 aliphatic rings. The average molecular weight is 659 g/mol. The maximum atomic E-state index is 13.0. The summed E-state index contributed by atoms with van der Waals surface area (Å²) in [7, 11) is -3.56. The van der Waals surface area contributed by atoms with Crippen molar-refractivity contribution in [3.63, 3.8) is 0 Å². The van der Waals surface area contributed by atoms with Crippen LogP contribution in [-0.4, -0.2) is 74.1 Å². The van der Waals surface area contributed by atoms with E-state index in [-0.39, 0.29) is 29.0 Å². The van der Waals surface area contributed by atoms with Gasteiger partial charge in [-0.2, -0.15) is 4.31 Å². The minimum Gasteiger partial charge on any atom is -0.345 e. The van der Waals surface area contributed by atoms with Crippen molar-refractivity contribution < 1.29 is 18.0 Å². The number of hydrogen-bond acceptors (Lipinski definition) is 11. The molecule has 2 aromatic heterocycles. The standard InChI is InChI=1S/C27H30N8O4S4/c1-3-40-27-33-31-25(42-27)29-23(36)17-41-26-32-30-22(35(26)20-8-6-7-18(2)15-20)16-28-24(37)19-9-11-21(12-10-19)43(38,39)34-13-4-5-14-34/h6-12,15H,3-5,13-14,16-17H2,1-2H3,(H,28,37)(H,29,31,36). The molecule has 2 aromatic carbocycles. The van der Waals surface area contributed by atoms with Gasteiger partial charge in [0.2, 0.25) is 21.1 Å². The molecule has 3 heterocycles. The summed E-state index contributed by atoms with van der Waals surface area (Å²) in [5.41, 5.74) is 2.14.